The third-order valence-electron chi connectivity index (χ3n) is 3.52. The number of alkyl halides is 1. The zero-order valence-corrected chi connectivity index (χ0v) is 16.9. The molecule has 0 spiro atoms. The first kappa shape index (κ1) is 21.9. The van der Waals surface area contributed by atoms with Gasteiger partial charge in [0.2, 0.25) is 11.8 Å². The Morgan fingerprint density at radius 1 is 1.04 bits per heavy atom. The lowest BCUT2D eigenvalue weighted by Crippen LogP contribution is -2.53. The molecule has 8 nitrogen and oxygen atoms in total. The Kier molecular flexibility index (Phi) is 8.49. The van der Waals surface area contributed by atoms with Crippen molar-refractivity contribution in [2.75, 3.05) is 9.74 Å². The number of hydrogen-bond donors (Lipinski definition) is 4. The number of benzene rings is 1. The van der Waals surface area contributed by atoms with Gasteiger partial charge in [-0.1, -0.05) is 36.4 Å². The van der Waals surface area contributed by atoms with Crippen LogP contribution >= 0.6 is 22.6 Å². The van der Waals surface area contributed by atoms with E-state index in [0.717, 1.165) is 0 Å². The van der Waals surface area contributed by atoms with Crippen molar-refractivity contribution in [3.63, 3.8) is 0 Å². The van der Waals surface area contributed by atoms with E-state index >= 15 is 0 Å². The van der Waals surface area contributed by atoms with Gasteiger partial charge in [0.05, 0.1) is 4.43 Å². The highest BCUT2D eigenvalue weighted by Crippen LogP contribution is 2.11. The van der Waals surface area contributed by atoms with E-state index in [4.69, 9.17) is 5.11 Å². The average Bonchev–Trinajstić information content (AvgIpc) is 2.59. The fourth-order valence-corrected chi connectivity index (χ4v) is 2.21. The van der Waals surface area contributed by atoms with Crippen molar-refractivity contribution in [3.8, 4) is 0 Å². The van der Waals surface area contributed by atoms with Crippen LogP contribution in [0.2, 0.25) is 0 Å². The molecular weight excluding hydrogens is 453 g/mol. The molecule has 2 atom stereocenters. The van der Waals surface area contributed by atoms with Crippen molar-refractivity contribution in [2.24, 2.45) is 5.92 Å². The molecular formula is C17H22IN3O5. The number of nitrogens with one attached hydrogen (secondary N) is 3. The molecule has 26 heavy (non-hydrogen) atoms. The zero-order valence-electron chi connectivity index (χ0n) is 14.7. The average molecular weight is 475 g/mol. The van der Waals surface area contributed by atoms with Crippen molar-refractivity contribution in [1.82, 2.24) is 10.6 Å². The van der Waals surface area contributed by atoms with Gasteiger partial charge in [0.25, 0.3) is 5.91 Å². The summed E-state index contributed by atoms with van der Waals surface area (Å²) in [5, 5.41) is 16.5. The van der Waals surface area contributed by atoms with Crippen molar-refractivity contribution >= 4 is 52.0 Å². The fraction of sp³-hybridized carbons (Fsp3) is 0.412. The molecule has 0 unspecified atom stereocenters. The molecule has 0 aromatic heterocycles. The first-order valence-electron chi connectivity index (χ1n) is 7.95. The molecule has 0 fully saturated rings. The van der Waals surface area contributed by atoms with E-state index in [1.165, 1.54) is 19.1 Å². The van der Waals surface area contributed by atoms with Gasteiger partial charge >= 0.3 is 5.97 Å². The van der Waals surface area contributed by atoms with Crippen LogP contribution in [0.5, 0.6) is 0 Å². The maximum absolute atomic E-state index is 12.4. The number of hydrogen-bond acceptors (Lipinski definition) is 4. The van der Waals surface area contributed by atoms with Crippen LogP contribution in [-0.2, 0) is 14.4 Å². The van der Waals surface area contributed by atoms with E-state index in [1.807, 2.05) is 22.6 Å². The van der Waals surface area contributed by atoms with Gasteiger partial charge in [0.15, 0.2) is 0 Å². The molecule has 0 saturated heterocycles. The van der Waals surface area contributed by atoms with E-state index in [-0.39, 0.29) is 11.8 Å². The predicted octanol–water partition coefficient (Wildman–Crippen LogP) is 1.40. The minimum Gasteiger partial charge on any atom is -0.480 e. The van der Waals surface area contributed by atoms with Crippen LogP contribution in [0.1, 0.15) is 31.1 Å². The highest BCUT2D eigenvalue weighted by atomic mass is 127. The van der Waals surface area contributed by atoms with Gasteiger partial charge in [-0.25, -0.2) is 0 Å². The summed E-state index contributed by atoms with van der Waals surface area (Å²) in [6, 6.07) is 4.33. The summed E-state index contributed by atoms with van der Waals surface area (Å²) in [7, 11) is 0. The fourth-order valence-electron chi connectivity index (χ4n) is 2.02. The molecule has 4 N–H and O–H groups in total. The van der Waals surface area contributed by atoms with Gasteiger partial charge in [0.1, 0.15) is 12.1 Å². The molecule has 0 aliphatic carbocycles. The summed E-state index contributed by atoms with van der Waals surface area (Å²) in [5.74, 6) is -2.56. The third-order valence-corrected chi connectivity index (χ3v) is 4.21. The lowest BCUT2D eigenvalue weighted by atomic mass is 10.0. The maximum atomic E-state index is 12.4. The van der Waals surface area contributed by atoms with E-state index in [0.29, 0.717) is 15.7 Å². The van der Waals surface area contributed by atoms with Gasteiger partial charge in [-0.3, -0.25) is 19.2 Å². The van der Waals surface area contributed by atoms with Crippen molar-refractivity contribution in [1.29, 1.82) is 0 Å². The van der Waals surface area contributed by atoms with Gasteiger partial charge < -0.3 is 21.1 Å². The van der Waals surface area contributed by atoms with Gasteiger partial charge in [-0.2, -0.15) is 0 Å². The second-order valence-corrected chi connectivity index (χ2v) is 6.79. The zero-order chi connectivity index (χ0) is 19.9. The standard InChI is InChI=1S/C17H22IN3O5/c1-9(2)14(16(24)19-10(3)17(25)26)21-15(23)11-4-6-12(7-5-11)20-13(22)8-18/h4-7,9-10,14H,8H2,1-3H3,(H,19,24)(H,20,22)(H,21,23)(H,25,26)/t10-,14-/m0/s1. The summed E-state index contributed by atoms with van der Waals surface area (Å²) in [6.45, 7) is 4.85. The van der Waals surface area contributed by atoms with E-state index in [9.17, 15) is 19.2 Å². The number of anilines is 1. The molecule has 1 aromatic carbocycles. The molecule has 0 aliphatic heterocycles. The van der Waals surface area contributed by atoms with E-state index in [1.54, 1.807) is 26.0 Å². The number of amides is 3. The van der Waals surface area contributed by atoms with Crippen LogP contribution in [0, 0.1) is 5.92 Å². The minimum absolute atomic E-state index is 0.146. The summed E-state index contributed by atoms with van der Waals surface area (Å²) in [5.41, 5.74) is 0.888. The van der Waals surface area contributed by atoms with E-state index in [2.05, 4.69) is 16.0 Å². The predicted molar refractivity (Wildman–Crippen MR) is 105 cm³/mol. The van der Waals surface area contributed by atoms with Crippen LogP contribution in [0.4, 0.5) is 5.69 Å². The molecule has 0 bridgehead atoms. The summed E-state index contributed by atoms with van der Waals surface area (Å²) >= 11 is 1.94. The number of halogens is 1. The molecule has 1 rings (SSSR count). The smallest absolute Gasteiger partial charge is 0.325 e. The molecule has 0 heterocycles. The van der Waals surface area contributed by atoms with Gasteiger partial charge in [-0.05, 0) is 37.1 Å². The highest BCUT2D eigenvalue weighted by Gasteiger charge is 2.27. The van der Waals surface area contributed by atoms with Crippen LogP contribution in [0.15, 0.2) is 24.3 Å². The number of aliphatic carboxylic acids is 1. The molecule has 9 heteroatoms. The number of carbonyl (C=O) groups excluding carboxylic acids is 3. The second-order valence-electron chi connectivity index (χ2n) is 6.02. The van der Waals surface area contributed by atoms with Crippen LogP contribution in [0.3, 0.4) is 0 Å². The van der Waals surface area contributed by atoms with Crippen LogP contribution in [-0.4, -0.2) is 45.3 Å². The van der Waals surface area contributed by atoms with Crippen molar-refractivity contribution in [2.45, 2.75) is 32.9 Å². The molecule has 1 aromatic rings. The maximum Gasteiger partial charge on any atom is 0.325 e. The quantitative estimate of drug-likeness (QED) is 0.334. The summed E-state index contributed by atoms with van der Waals surface area (Å²) < 4.78 is 0.319. The van der Waals surface area contributed by atoms with Gasteiger partial charge in [0, 0.05) is 11.3 Å². The molecule has 142 valence electrons. The normalized spacial score (nSPS) is 12.8. The topological polar surface area (TPSA) is 125 Å². The Morgan fingerprint density at radius 3 is 2.08 bits per heavy atom. The molecule has 0 aliphatic rings. The highest BCUT2D eigenvalue weighted by molar-refractivity contribution is 14.1. The second kappa shape index (κ2) is 10.1. The largest absolute Gasteiger partial charge is 0.480 e. The first-order valence-corrected chi connectivity index (χ1v) is 9.48. The Balaban J connectivity index is 2.79. The van der Waals surface area contributed by atoms with Crippen LogP contribution < -0.4 is 16.0 Å². The Bertz CT molecular complexity index is 675. The monoisotopic (exact) mass is 475 g/mol. The van der Waals surface area contributed by atoms with Crippen molar-refractivity contribution < 1.29 is 24.3 Å². The number of carboxylic acids is 1. The lowest BCUT2D eigenvalue weighted by molar-refractivity contribution is -0.141. The number of carbonyl (C=O) groups is 4. The Morgan fingerprint density at radius 2 is 1.62 bits per heavy atom. The van der Waals surface area contributed by atoms with E-state index < -0.39 is 29.9 Å². The third kappa shape index (κ3) is 6.62. The van der Waals surface area contributed by atoms with Crippen molar-refractivity contribution in [3.05, 3.63) is 29.8 Å². The molecule has 0 radical (unpaired) electrons. The number of carboxylic acid groups (broad SMARTS) is 1. The lowest BCUT2D eigenvalue weighted by Gasteiger charge is -2.23. The van der Waals surface area contributed by atoms with Crippen LogP contribution in [0.25, 0.3) is 0 Å². The summed E-state index contributed by atoms with van der Waals surface area (Å²) in [4.78, 5) is 46.8. The minimum atomic E-state index is -1.16. The summed E-state index contributed by atoms with van der Waals surface area (Å²) in [6.07, 6.45) is 0. The Labute approximate surface area is 165 Å². The molecule has 3 amide bonds. The van der Waals surface area contributed by atoms with Gasteiger partial charge in [-0.15, -0.1) is 0 Å². The number of rotatable bonds is 8. The first-order chi connectivity index (χ1) is 12.1. The SMILES string of the molecule is CC(C)[C@H](NC(=O)c1ccc(NC(=O)CI)cc1)C(=O)N[C@@H](C)C(=O)O. The molecule has 0 saturated carbocycles. The Hall–Kier alpha value is -2.17.